The summed E-state index contributed by atoms with van der Waals surface area (Å²) in [7, 11) is 0.521. The van der Waals surface area contributed by atoms with E-state index >= 15 is 0 Å². The van der Waals surface area contributed by atoms with Crippen LogP contribution in [0.1, 0.15) is 44.0 Å². The molecule has 0 N–H and O–H groups in total. The summed E-state index contributed by atoms with van der Waals surface area (Å²) < 4.78 is 37.4. The minimum Gasteiger partial charge on any atom is -0.493 e. The maximum absolute atomic E-state index is 14.7. The third kappa shape index (κ3) is 4.40. The van der Waals surface area contributed by atoms with Crippen molar-refractivity contribution in [3.8, 4) is 11.5 Å². The number of rotatable bonds is 6. The normalized spacial score (nSPS) is 18.4. The summed E-state index contributed by atoms with van der Waals surface area (Å²) in [6, 6.07) is 5.23. The lowest BCUT2D eigenvalue weighted by molar-refractivity contribution is 0.00578. The molecule has 1 aromatic carbocycles. The molecule has 0 unspecified atom stereocenters. The van der Waals surface area contributed by atoms with Crippen molar-refractivity contribution in [2.24, 2.45) is 0 Å². The Bertz CT molecular complexity index is 865. The molecule has 0 spiro atoms. The second-order valence-corrected chi connectivity index (χ2v) is 8.74. The summed E-state index contributed by atoms with van der Waals surface area (Å²) in [5, 5.41) is 2.95. The number of methoxy groups -OCH3 is 1. The van der Waals surface area contributed by atoms with E-state index in [2.05, 4.69) is 4.98 Å². The first-order valence-corrected chi connectivity index (χ1v) is 9.94. The van der Waals surface area contributed by atoms with Gasteiger partial charge in [0.25, 0.3) is 0 Å². The van der Waals surface area contributed by atoms with Crippen molar-refractivity contribution in [1.29, 1.82) is 0 Å². The van der Waals surface area contributed by atoms with E-state index in [9.17, 15) is 4.39 Å². The van der Waals surface area contributed by atoms with Gasteiger partial charge in [-0.25, -0.2) is 9.37 Å². The number of aromatic nitrogens is 1. The Morgan fingerprint density at radius 2 is 1.89 bits per heavy atom. The average molecular weight is 405 g/mol. The smallest absolute Gasteiger partial charge is 0.493 e. The molecule has 5 nitrogen and oxygen atoms in total. The molecular weight excluding hydrogens is 380 g/mol. The third-order valence-corrected chi connectivity index (χ3v) is 5.84. The van der Waals surface area contributed by atoms with E-state index in [0.29, 0.717) is 23.7 Å². The highest BCUT2D eigenvalue weighted by Crippen LogP contribution is 2.39. The molecule has 0 aliphatic carbocycles. The summed E-state index contributed by atoms with van der Waals surface area (Å²) in [6.45, 7) is 9.85. The quantitative estimate of drug-likeness (QED) is 0.635. The van der Waals surface area contributed by atoms with Crippen molar-refractivity contribution in [3.63, 3.8) is 0 Å². The second-order valence-electron chi connectivity index (χ2n) is 7.67. The Hall–Kier alpha value is -1.90. The van der Waals surface area contributed by atoms with E-state index in [1.54, 1.807) is 36.6 Å². The molecule has 0 amide bonds. The highest BCUT2D eigenvalue weighted by Gasteiger charge is 2.53. The number of hydrogen-bond acceptors (Lipinski definition) is 6. The van der Waals surface area contributed by atoms with Gasteiger partial charge >= 0.3 is 7.12 Å². The molecule has 8 heteroatoms. The fraction of sp³-hybridized carbons (Fsp3) is 0.450. The summed E-state index contributed by atoms with van der Waals surface area (Å²) in [6.07, 6.45) is 1.39. The Labute approximate surface area is 169 Å². The fourth-order valence-corrected chi connectivity index (χ4v) is 3.30. The number of hydrogen-bond donors (Lipinski definition) is 0. The van der Waals surface area contributed by atoms with Crippen molar-refractivity contribution < 1.29 is 23.2 Å². The molecule has 0 saturated carbocycles. The van der Waals surface area contributed by atoms with Crippen LogP contribution in [-0.4, -0.2) is 30.4 Å². The van der Waals surface area contributed by atoms with Crippen LogP contribution in [0.15, 0.2) is 29.3 Å². The summed E-state index contributed by atoms with van der Waals surface area (Å²) >= 11 is 1.57. The highest BCUT2D eigenvalue weighted by molar-refractivity contribution is 7.09. The average Bonchev–Trinajstić information content (AvgIpc) is 3.13. The Kier molecular flexibility index (Phi) is 5.84. The standard InChI is InChI=1S/C20H25BFNO4S/c1-13-23-15(12-28-13)11-25-16-8-7-14(9-17(16)24-6)10-18(22)21-26-19(2,3)20(4,5)27-21/h7-10,12H,11H2,1-6H3. The lowest BCUT2D eigenvalue weighted by Gasteiger charge is -2.32. The van der Waals surface area contributed by atoms with Gasteiger partial charge in [0.2, 0.25) is 0 Å². The van der Waals surface area contributed by atoms with Crippen LogP contribution in [0.25, 0.3) is 6.08 Å². The Balaban J connectivity index is 1.73. The van der Waals surface area contributed by atoms with Gasteiger partial charge in [-0.2, -0.15) is 0 Å². The van der Waals surface area contributed by atoms with E-state index in [-0.39, 0.29) is 0 Å². The van der Waals surface area contributed by atoms with Crippen LogP contribution in [0.5, 0.6) is 11.5 Å². The molecule has 1 aliphatic heterocycles. The van der Waals surface area contributed by atoms with Crippen LogP contribution < -0.4 is 9.47 Å². The number of halogens is 1. The lowest BCUT2D eigenvalue weighted by atomic mass is 9.87. The van der Waals surface area contributed by atoms with Crippen LogP contribution in [0.2, 0.25) is 0 Å². The fourth-order valence-electron chi connectivity index (χ4n) is 2.70. The molecule has 1 fully saturated rings. The molecule has 1 aliphatic rings. The predicted molar refractivity (Wildman–Crippen MR) is 109 cm³/mol. The van der Waals surface area contributed by atoms with Gasteiger partial charge in [0, 0.05) is 5.38 Å². The molecule has 150 valence electrons. The number of ether oxygens (including phenoxy) is 2. The van der Waals surface area contributed by atoms with Gasteiger partial charge < -0.3 is 18.8 Å². The van der Waals surface area contributed by atoms with Gasteiger partial charge in [0.1, 0.15) is 12.3 Å². The van der Waals surface area contributed by atoms with Gasteiger partial charge in [-0.15, -0.1) is 11.3 Å². The van der Waals surface area contributed by atoms with E-state index in [1.165, 1.54) is 6.08 Å². The third-order valence-electron chi connectivity index (χ3n) is 5.01. The number of benzene rings is 1. The molecule has 2 heterocycles. The largest absolute Gasteiger partial charge is 0.525 e. The Morgan fingerprint density at radius 3 is 2.46 bits per heavy atom. The first-order chi connectivity index (χ1) is 13.1. The van der Waals surface area contributed by atoms with Crippen LogP contribution in [0, 0.1) is 6.92 Å². The van der Waals surface area contributed by atoms with Crippen LogP contribution >= 0.6 is 11.3 Å². The van der Waals surface area contributed by atoms with E-state index in [4.69, 9.17) is 18.8 Å². The zero-order valence-electron chi connectivity index (χ0n) is 17.0. The second kappa shape index (κ2) is 7.85. The molecular formula is C20H25BFNO4S. The Morgan fingerprint density at radius 1 is 1.21 bits per heavy atom. The first kappa shape index (κ1) is 20.8. The molecule has 0 radical (unpaired) electrons. The minimum absolute atomic E-state index is 0.345. The van der Waals surface area contributed by atoms with E-state index in [0.717, 1.165) is 10.7 Å². The maximum Gasteiger partial charge on any atom is 0.525 e. The zero-order valence-corrected chi connectivity index (χ0v) is 17.9. The topological polar surface area (TPSA) is 49.8 Å². The zero-order chi connectivity index (χ0) is 20.5. The van der Waals surface area contributed by atoms with Crippen molar-refractivity contribution in [1.82, 2.24) is 4.98 Å². The van der Waals surface area contributed by atoms with Crippen molar-refractivity contribution in [2.75, 3.05) is 7.11 Å². The first-order valence-electron chi connectivity index (χ1n) is 9.06. The molecule has 2 aromatic rings. The minimum atomic E-state index is -1.03. The molecule has 0 bridgehead atoms. The molecule has 0 atom stereocenters. The van der Waals surface area contributed by atoms with Crippen LogP contribution in [0.3, 0.4) is 0 Å². The van der Waals surface area contributed by atoms with Gasteiger partial charge in [-0.1, -0.05) is 6.07 Å². The van der Waals surface area contributed by atoms with E-state index < -0.39 is 24.0 Å². The van der Waals surface area contributed by atoms with Gasteiger partial charge in [0.05, 0.1) is 29.0 Å². The van der Waals surface area contributed by atoms with Crippen molar-refractivity contribution in [3.05, 3.63) is 45.6 Å². The summed E-state index contributed by atoms with van der Waals surface area (Å²) in [5.41, 5.74) is -0.188. The monoisotopic (exact) mass is 405 g/mol. The van der Waals surface area contributed by atoms with Gasteiger partial charge in [0.15, 0.2) is 11.5 Å². The summed E-state index contributed by atoms with van der Waals surface area (Å²) in [4.78, 5) is 4.37. The maximum atomic E-state index is 14.7. The SMILES string of the molecule is COc1cc(C=C(F)B2OC(C)(C)C(C)(C)O2)ccc1OCc1csc(C)n1. The number of aryl methyl sites for hydroxylation is 1. The molecule has 1 saturated heterocycles. The predicted octanol–water partition coefficient (Wildman–Crippen LogP) is 4.98. The van der Waals surface area contributed by atoms with Crippen LogP contribution in [0.4, 0.5) is 4.39 Å². The van der Waals surface area contributed by atoms with Crippen molar-refractivity contribution >= 4 is 24.5 Å². The van der Waals surface area contributed by atoms with Crippen molar-refractivity contribution in [2.45, 2.75) is 52.4 Å². The molecule has 28 heavy (non-hydrogen) atoms. The number of thiazole rings is 1. The number of nitrogens with zero attached hydrogens (tertiary/aromatic N) is 1. The van der Waals surface area contributed by atoms with E-state index in [1.807, 2.05) is 40.0 Å². The lowest BCUT2D eigenvalue weighted by Crippen LogP contribution is -2.41. The summed E-state index contributed by atoms with van der Waals surface area (Å²) in [5.74, 6) is 1.09. The molecule has 3 rings (SSSR count). The van der Waals surface area contributed by atoms with Gasteiger partial charge in [-0.3, -0.25) is 0 Å². The van der Waals surface area contributed by atoms with Gasteiger partial charge in [-0.05, 0) is 58.4 Å². The molecule has 1 aromatic heterocycles. The highest BCUT2D eigenvalue weighted by atomic mass is 32.1. The van der Waals surface area contributed by atoms with Crippen LogP contribution in [-0.2, 0) is 15.9 Å².